The van der Waals surface area contributed by atoms with Crippen LogP contribution >= 0.6 is 0 Å². The fourth-order valence-corrected chi connectivity index (χ4v) is 6.02. The van der Waals surface area contributed by atoms with Gasteiger partial charge in [-0.05, 0) is 62.6 Å². The van der Waals surface area contributed by atoms with E-state index >= 15 is 0 Å². The lowest BCUT2D eigenvalue weighted by atomic mass is 9.85. The molecule has 0 atom stereocenters. The molecule has 0 saturated carbocycles. The highest BCUT2D eigenvalue weighted by Gasteiger charge is 2.57. The second-order valence-corrected chi connectivity index (χ2v) is 12.0. The Kier molecular flexibility index (Phi) is 13.7. The van der Waals surface area contributed by atoms with E-state index in [1.807, 2.05) is 65.6 Å². The van der Waals surface area contributed by atoms with Crippen molar-refractivity contribution in [1.29, 1.82) is 0 Å². The molecule has 11 nitrogen and oxygen atoms in total. The Morgan fingerprint density at radius 3 is 1.76 bits per heavy atom. The van der Waals surface area contributed by atoms with Gasteiger partial charge in [-0.15, -0.1) is 0 Å². The Hall–Kier alpha value is -4.12. The van der Waals surface area contributed by atoms with Crippen LogP contribution in [-0.4, -0.2) is 90.2 Å². The van der Waals surface area contributed by atoms with Crippen molar-refractivity contribution in [2.45, 2.75) is 77.0 Å². The summed E-state index contributed by atoms with van der Waals surface area (Å²) in [5.74, 6) is -0.0818. The number of piperidine rings is 1. The maximum Gasteiger partial charge on any atom is 0.407 e. The third-order valence-electron chi connectivity index (χ3n) is 8.71. The molecular formula is C35H49N5O6. The third kappa shape index (κ3) is 9.94. The van der Waals surface area contributed by atoms with E-state index in [9.17, 15) is 19.2 Å². The van der Waals surface area contributed by atoms with Crippen molar-refractivity contribution in [3.8, 4) is 0 Å². The highest BCUT2D eigenvalue weighted by atomic mass is 16.6. The number of carbonyl (C=O) groups is 4. The molecule has 46 heavy (non-hydrogen) atoms. The van der Waals surface area contributed by atoms with Gasteiger partial charge in [-0.2, -0.15) is 0 Å². The summed E-state index contributed by atoms with van der Waals surface area (Å²) in [5, 5.41) is 5.56. The van der Waals surface area contributed by atoms with Crippen LogP contribution < -0.4 is 10.6 Å². The van der Waals surface area contributed by atoms with Gasteiger partial charge in [0.2, 0.25) is 0 Å². The number of nitrogens with zero attached hydrogens (tertiary/aromatic N) is 3. The molecule has 2 N–H and O–H groups in total. The predicted molar refractivity (Wildman–Crippen MR) is 175 cm³/mol. The van der Waals surface area contributed by atoms with Crippen LogP contribution in [0.15, 0.2) is 60.7 Å². The zero-order chi connectivity index (χ0) is 32.6. The molecule has 0 bridgehead atoms. The molecule has 11 heteroatoms. The van der Waals surface area contributed by atoms with Gasteiger partial charge < -0.3 is 29.9 Å². The highest BCUT2D eigenvalue weighted by Crippen LogP contribution is 2.37. The lowest BCUT2D eigenvalue weighted by Gasteiger charge is -2.42. The van der Waals surface area contributed by atoms with E-state index in [0.717, 1.165) is 56.4 Å². The summed E-state index contributed by atoms with van der Waals surface area (Å²) in [6.45, 7) is 6.79. The Bertz CT molecular complexity index is 1250. The first-order chi connectivity index (χ1) is 22.4. The predicted octanol–water partition coefficient (Wildman–Crippen LogP) is 5.30. The summed E-state index contributed by atoms with van der Waals surface area (Å²) in [4.78, 5) is 56.9. The summed E-state index contributed by atoms with van der Waals surface area (Å²) in [6.07, 6.45) is 5.13. The number of benzene rings is 2. The number of alkyl carbamates (subject to hydrolysis) is 2. The van der Waals surface area contributed by atoms with Crippen LogP contribution in [0.25, 0.3) is 0 Å². The van der Waals surface area contributed by atoms with Crippen molar-refractivity contribution in [2.24, 2.45) is 0 Å². The molecule has 2 heterocycles. The van der Waals surface area contributed by atoms with Crippen molar-refractivity contribution >= 4 is 24.1 Å². The van der Waals surface area contributed by atoms with Crippen LogP contribution in [0.5, 0.6) is 0 Å². The molecule has 2 aliphatic rings. The van der Waals surface area contributed by atoms with Crippen LogP contribution in [-0.2, 0) is 27.5 Å². The number of ether oxygens (including phenoxy) is 2. The fourth-order valence-electron chi connectivity index (χ4n) is 6.02. The largest absolute Gasteiger partial charge is 0.445 e. The minimum absolute atomic E-state index is 0.0818. The molecule has 1 spiro atoms. The van der Waals surface area contributed by atoms with Crippen LogP contribution in [0.2, 0.25) is 0 Å². The molecule has 250 valence electrons. The third-order valence-corrected chi connectivity index (χ3v) is 8.71. The van der Waals surface area contributed by atoms with Crippen molar-refractivity contribution in [2.75, 3.05) is 45.8 Å². The summed E-state index contributed by atoms with van der Waals surface area (Å²) in [5.41, 5.74) is 1.10. The minimum atomic E-state index is -0.772. The second-order valence-electron chi connectivity index (χ2n) is 12.0. The molecule has 0 aliphatic carbocycles. The molecule has 2 aromatic rings. The van der Waals surface area contributed by atoms with E-state index in [2.05, 4.69) is 22.5 Å². The van der Waals surface area contributed by atoms with Gasteiger partial charge in [-0.25, -0.2) is 14.4 Å². The van der Waals surface area contributed by atoms with Gasteiger partial charge in [0.05, 0.1) is 0 Å². The van der Waals surface area contributed by atoms with E-state index in [-0.39, 0.29) is 25.2 Å². The molecule has 0 radical (unpaired) electrons. The average molecular weight is 636 g/mol. The van der Waals surface area contributed by atoms with Crippen LogP contribution in [0.4, 0.5) is 14.4 Å². The first kappa shape index (κ1) is 34.7. The van der Waals surface area contributed by atoms with E-state index in [4.69, 9.17) is 9.47 Å². The first-order valence-electron chi connectivity index (χ1n) is 16.7. The first-order valence-corrected chi connectivity index (χ1v) is 16.7. The van der Waals surface area contributed by atoms with E-state index in [1.54, 1.807) is 0 Å². The topological polar surface area (TPSA) is 121 Å². The molecular weight excluding hydrogens is 586 g/mol. The molecule has 2 fully saturated rings. The lowest BCUT2D eigenvalue weighted by molar-refractivity contribution is -0.135. The molecule has 2 aliphatic heterocycles. The number of imide groups is 1. The van der Waals surface area contributed by atoms with Gasteiger partial charge in [-0.3, -0.25) is 9.69 Å². The van der Waals surface area contributed by atoms with Crippen molar-refractivity contribution in [1.82, 2.24) is 25.3 Å². The molecule has 2 aromatic carbocycles. The van der Waals surface area contributed by atoms with Crippen LogP contribution in [0, 0.1) is 0 Å². The smallest absolute Gasteiger partial charge is 0.407 e. The standard InChI is InChI=1S/C35H49N5O6/c1-2-3-24-40-34(44)39(23-13-11-21-37-33(43)46-28-30-16-8-5-9-17-30)31(41)35(40)18-25-38(26-19-35)22-12-10-20-36-32(42)45-27-29-14-6-4-7-15-29/h4-9,14-17H,2-3,10-13,18-28H2,1H3,(H,36,42)(H,37,43). The Balaban J connectivity index is 1.14. The van der Waals surface area contributed by atoms with E-state index < -0.39 is 17.7 Å². The number of nitrogens with one attached hydrogen (secondary N) is 2. The van der Waals surface area contributed by atoms with Gasteiger partial charge in [0, 0.05) is 39.3 Å². The van der Waals surface area contributed by atoms with Crippen molar-refractivity contribution in [3.05, 3.63) is 71.8 Å². The molecule has 2 saturated heterocycles. The number of amides is 5. The Labute approximate surface area is 272 Å². The lowest BCUT2D eigenvalue weighted by Crippen LogP contribution is -2.56. The van der Waals surface area contributed by atoms with Gasteiger partial charge in [0.1, 0.15) is 18.8 Å². The molecule has 0 unspecified atom stereocenters. The normalized spacial score (nSPS) is 16.1. The van der Waals surface area contributed by atoms with Crippen molar-refractivity contribution < 1.29 is 28.7 Å². The number of hydrogen-bond donors (Lipinski definition) is 2. The van der Waals surface area contributed by atoms with Gasteiger partial charge in [0.15, 0.2) is 0 Å². The number of unbranched alkanes of at least 4 members (excludes halogenated alkanes) is 3. The minimum Gasteiger partial charge on any atom is -0.445 e. The monoisotopic (exact) mass is 635 g/mol. The number of likely N-dealkylation sites (tertiary alicyclic amines) is 1. The van der Waals surface area contributed by atoms with Gasteiger partial charge in [-0.1, -0.05) is 74.0 Å². The number of rotatable bonds is 17. The van der Waals surface area contributed by atoms with Gasteiger partial charge in [0.25, 0.3) is 5.91 Å². The SMILES string of the molecule is CCCCN1C(=O)N(CCCCNC(=O)OCc2ccccc2)C(=O)C12CCN(CCCCNC(=O)OCc1ccccc1)CC2. The number of carbonyl (C=O) groups excluding carboxylic acids is 4. The molecule has 4 rings (SSSR count). The average Bonchev–Trinajstić information content (AvgIpc) is 3.27. The molecule has 5 amide bonds. The van der Waals surface area contributed by atoms with E-state index in [1.165, 1.54) is 4.90 Å². The Morgan fingerprint density at radius 1 is 0.717 bits per heavy atom. The van der Waals surface area contributed by atoms with E-state index in [0.29, 0.717) is 51.9 Å². The summed E-state index contributed by atoms with van der Waals surface area (Å²) >= 11 is 0. The van der Waals surface area contributed by atoms with Crippen LogP contribution in [0.1, 0.15) is 69.4 Å². The molecule has 0 aromatic heterocycles. The zero-order valence-corrected chi connectivity index (χ0v) is 27.1. The maximum atomic E-state index is 13.8. The summed E-state index contributed by atoms with van der Waals surface area (Å²) < 4.78 is 10.5. The quantitative estimate of drug-likeness (QED) is 0.179. The highest BCUT2D eigenvalue weighted by molar-refractivity contribution is 6.07. The summed E-state index contributed by atoms with van der Waals surface area (Å²) in [6, 6.07) is 18.9. The number of hydrogen-bond acceptors (Lipinski definition) is 7. The number of urea groups is 1. The fraction of sp³-hybridized carbons (Fsp3) is 0.543. The maximum absolute atomic E-state index is 13.8. The van der Waals surface area contributed by atoms with Crippen molar-refractivity contribution in [3.63, 3.8) is 0 Å². The zero-order valence-electron chi connectivity index (χ0n) is 27.1. The Morgan fingerprint density at radius 2 is 1.24 bits per heavy atom. The van der Waals surface area contributed by atoms with Crippen LogP contribution in [0.3, 0.4) is 0 Å². The summed E-state index contributed by atoms with van der Waals surface area (Å²) in [7, 11) is 0. The second kappa shape index (κ2) is 18.1. The van der Waals surface area contributed by atoms with Gasteiger partial charge >= 0.3 is 18.2 Å².